The minimum Gasteiger partial charge on any atom is -0.496 e. The van der Waals surface area contributed by atoms with Gasteiger partial charge in [0.15, 0.2) is 5.60 Å². The van der Waals surface area contributed by atoms with Gasteiger partial charge in [-0.25, -0.2) is 0 Å². The number of hydrogen-bond acceptors (Lipinski definition) is 13. The van der Waals surface area contributed by atoms with Gasteiger partial charge in [0.2, 0.25) is 0 Å². The average Bonchev–Trinajstić information content (AvgIpc) is 3.97. The van der Waals surface area contributed by atoms with Gasteiger partial charge >= 0.3 is 11.9 Å². The lowest BCUT2D eigenvalue weighted by Crippen LogP contribution is -2.81. The van der Waals surface area contributed by atoms with Crippen molar-refractivity contribution in [3.8, 4) is 5.75 Å². The van der Waals surface area contributed by atoms with Gasteiger partial charge in [-0.15, -0.1) is 0 Å². The van der Waals surface area contributed by atoms with E-state index < -0.39 is 68.9 Å². The van der Waals surface area contributed by atoms with Gasteiger partial charge in [0.05, 0.1) is 32.5 Å². The van der Waals surface area contributed by atoms with Crippen molar-refractivity contribution in [3.63, 3.8) is 0 Å². The van der Waals surface area contributed by atoms with E-state index in [-0.39, 0.29) is 31.5 Å². The van der Waals surface area contributed by atoms with Crippen molar-refractivity contribution < 1.29 is 43.9 Å². The topological polar surface area (TPSA) is 203 Å². The summed E-state index contributed by atoms with van der Waals surface area (Å²) in [7, 11) is 4.90. The zero-order valence-corrected chi connectivity index (χ0v) is 40.6. The van der Waals surface area contributed by atoms with E-state index in [1.807, 2.05) is 83.0 Å². The maximum absolute atomic E-state index is 15.4. The summed E-state index contributed by atoms with van der Waals surface area (Å²) in [6, 6.07) is 10.1. The number of rotatable bonds is 11. The van der Waals surface area contributed by atoms with Crippen LogP contribution < -0.4 is 20.7 Å². The van der Waals surface area contributed by atoms with Crippen LogP contribution in [0.5, 0.6) is 5.75 Å². The Morgan fingerprint density at radius 3 is 2.49 bits per heavy atom. The zero-order chi connectivity index (χ0) is 48.1. The molecule has 2 aromatic carbocycles. The molecule has 364 valence electrons. The second kappa shape index (κ2) is 16.9. The van der Waals surface area contributed by atoms with E-state index in [0.29, 0.717) is 82.6 Å². The van der Waals surface area contributed by atoms with Crippen LogP contribution in [-0.4, -0.2) is 151 Å². The first-order chi connectivity index (χ1) is 31.8. The van der Waals surface area contributed by atoms with Gasteiger partial charge < -0.3 is 50.5 Å². The Bertz CT molecular complexity index is 2470. The Morgan fingerprint density at radius 1 is 1.03 bits per heavy atom. The molecule has 1 amide bonds. The van der Waals surface area contributed by atoms with Crippen LogP contribution in [0.15, 0.2) is 48.6 Å². The maximum Gasteiger partial charge on any atom is 0.323 e. The summed E-state index contributed by atoms with van der Waals surface area (Å²) in [5.74, 6) is -1.36. The van der Waals surface area contributed by atoms with Crippen LogP contribution >= 0.6 is 0 Å². The molecule has 5 aliphatic heterocycles. The first-order valence-corrected chi connectivity index (χ1v) is 24.4. The Balaban J connectivity index is 1.21. The minimum absolute atomic E-state index is 0.0144. The lowest BCUT2D eigenvalue weighted by atomic mass is 9.47. The Kier molecular flexibility index (Phi) is 12.0. The van der Waals surface area contributed by atoms with Crippen LogP contribution in [0.1, 0.15) is 95.5 Å². The number of nitrogens with one attached hydrogen (secondary N) is 2. The molecule has 15 heteroatoms. The number of benzene rings is 2. The molecule has 6 heterocycles. The van der Waals surface area contributed by atoms with Crippen molar-refractivity contribution in [2.24, 2.45) is 22.5 Å². The second-order valence-electron chi connectivity index (χ2n) is 21.7. The number of esters is 2. The number of carbonyl (C=O) groups is 3. The molecule has 1 saturated carbocycles. The van der Waals surface area contributed by atoms with Gasteiger partial charge in [-0.1, -0.05) is 65.0 Å². The molecule has 3 aromatic rings. The highest BCUT2D eigenvalue weighted by Gasteiger charge is 2.78. The number of para-hydroxylation sites is 1. The third kappa shape index (κ3) is 6.91. The summed E-state index contributed by atoms with van der Waals surface area (Å²) < 4.78 is 17.9. The highest BCUT2D eigenvalue weighted by Crippen LogP contribution is 2.67. The van der Waals surface area contributed by atoms with E-state index in [1.165, 1.54) is 7.11 Å². The van der Waals surface area contributed by atoms with Crippen molar-refractivity contribution in [3.05, 3.63) is 70.9 Å². The highest BCUT2D eigenvalue weighted by atomic mass is 16.5. The van der Waals surface area contributed by atoms with Crippen molar-refractivity contribution >= 4 is 34.4 Å². The quantitative estimate of drug-likeness (QED) is 0.0926. The van der Waals surface area contributed by atoms with Crippen LogP contribution in [0, 0.1) is 16.7 Å². The molecule has 1 aromatic heterocycles. The van der Waals surface area contributed by atoms with Crippen LogP contribution in [0.25, 0.3) is 10.9 Å². The summed E-state index contributed by atoms with van der Waals surface area (Å²) >= 11 is 0. The van der Waals surface area contributed by atoms with Gasteiger partial charge in [-0.05, 0) is 86.1 Å². The van der Waals surface area contributed by atoms with E-state index in [9.17, 15) is 20.1 Å². The van der Waals surface area contributed by atoms with Crippen molar-refractivity contribution in [1.82, 2.24) is 20.1 Å². The van der Waals surface area contributed by atoms with Gasteiger partial charge in [-0.2, -0.15) is 0 Å². The van der Waals surface area contributed by atoms with Gasteiger partial charge in [0.1, 0.15) is 23.3 Å². The molecular weight excluding hydrogens is 853 g/mol. The predicted octanol–water partition coefficient (Wildman–Crippen LogP) is 3.67. The predicted molar refractivity (Wildman–Crippen MR) is 255 cm³/mol. The number of carbonyl (C=O) groups excluding carboxylic acids is 3. The summed E-state index contributed by atoms with van der Waals surface area (Å²) in [5.41, 5.74) is 3.81. The Labute approximate surface area is 394 Å². The number of amides is 1. The molecule has 6 aliphatic rings. The van der Waals surface area contributed by atoms with E-state index in [1.54, 1.807) is 7.11 Å². The maximum atomic E-state index is 15.4. The van der Waals surface area contributed by atoms with Gasteiger partial charge in [0.25, 0.3) is 5.91 Å². The monoisotopic (exact) mass is 925 g/mol. The SMILES string of the molecule is CCC1(O)CC2CN(CCc3c([nH]c4ccccc34)C(C(=O)OC)(c3cc4c(cc3OC)N(C)C3C45CCN4CC=C[C@](CC)(C45)[C@@H](O)[C@]3(O)C(=O)NCCCOC(=O)C(N)C(C)(C)C)C2)C1. The summed E-state index contributed by atoms with van der Waals surface area (Å²) in [5, 5.41) is 42.4. The number of nitrogens with zero attached hydrogens (tertiary/aromatic N) is 3. The average molecular weight is 925 g/mol. The number of aromatic amines is 1. The molecule has 1 aliphatic carbocycles. The van der Waals surface area contributed by atoms with Crippen molar-refractivity contribution in [2.45, 2.75) is 126 Å². The molecule has 3 fully saturated rings. The second-order valence-corrected chi connectivity index (χ2v) is 21.7. The number of aliphatic hydroxyl groups is 3. The van der Waals surface area contributed by atoms with Crippen LogP contribution in [0.2, 0.25) is 0 Å². The number of hydrogen-bond donors (Lipinski definition) is 6. The first kappa shape index (κ1) is 47.6. The Morgan fingerprint density at radius 2 is 1.79 bits per heavy atom. The fourth-order valence-electron chi connectivity index (χ4n) is 14.1. The summed E-state index contributed by atoms with van der Waals surface area (Å²) in [6.45, 7) is 12.9. The lowest BCUT2D eigenvalue weighted by Gasteiger charge is -2.63. The fourth-order valence-corrected chi connectivity index (χ4v) is 14.1. The molecule has 67 heavy (non-hydrogen) atoms. The number of methoxy groups -OCH3 is 2. The number of fused-ring (bicyclic) bond motifs is 6. The number of likely N-dealkylation sites (N-methyl/N-ethyl adjacent to an activating group) is 1. The van der Waals surface area contributed by atoms with Crippen LogP contribution in [0.4, 0.5) is 5.69 Å². The van der Waals surface area contributed by atoms with E-state index in [4.69, 9.17) is 19.9 Å². The van der Waals surface area contributed by atoms with Crippen molar-refractivity contribution in [1.29, 1.82) is 0 Å². The molecule has 2 bridgehead atoms. The molecule has 2 saturated heterocycles. The summed E-state index contributed by atoms with van der Waals surface area (Å²) in [6.07, 6.45) is 5.84. The molecule has 15 nitrogen and oxygen atoms in total. The molecule has 9 rings (SSSR count). The number of anilines is 1. The number of ether oxygens (including phenoxy) is 3. The van der Waals surface area contributed by atoms with Crippen LogP contribution in [0.3, 0.4) is 0 Å². The summed E-state index contributed by atoms with van der Waals surface area (Å²) in [4.78, 5) is 53.6. The number of piperidine rings is 1. The number of aliphatic hydroxyl groups excluding tert-OH is 1. The zero-order valence-electron chi connectivity index (χ0n) is 40.6. The number of H-pyrrole nitrogens is 1. The normalized spacial score (nSPS) is 34.7. The van der Waals surface area contributed by atoms with Gasteiger partial charge in [0, 0.05) is 90.6 Å². The Hall–Kier alpha value is -4.51. The van der Waals surface area contributed by atoms with E-state index in [2.05, 4.69) is 32.2 Å². The first-order valence-electron chi connectivity index (χ1n) is 24.4. The highest BCUT2D eigenvalue weighted by molar-refractivity contribution is 5.95. The molecule has 8 unspecified atom stereocenters. The molecular formula is C52H72N6O9. The van der Waals surface area contributed by atoms with Crippen molar-refractivity contribution in [2.75, 3.05) is 72.0 Å². The molecule has 11 atom stereocenters. The molecule has 1 spiro atoms. The largest absolute Gasteiger partial charge is 0.496 e. The lowest BCUT2D eigenvalue weighted by molar-refractivity contribution is -0.203. The number of nitrogens with two attached hydrogens (primary N) is 1. The van der Waals surface area contributed by atoms with E-state index >= 15 is 9.59 Å². The molecule has 0 radical (unpaired) electrons. The van der Waals surface area contributed by atoms with Gasteiger partial charge in [-0.3, -0.25) is 24.2 Å². The molecule has 7 N–H and O–H groups in total. The van der Waals surface area contributed by atoms with E-state index in [0.717, 1.165) is 33.4 Å². The standard InChI is InChI=1S/C52H72N6O9/c1-9-48(63)27-31-28-51(46(62)66-8,40-33(17-22-57(29-31)30-48)32-15-11-12-16-36(32)55-40)35-25-34-37(26-38(35)65-7)56(6)43-50(34)19-23-58-21-13-18-49(10-2,42(50)58)44(60)52(43,64)45(61)54-20-14-24-67-41(59)39(53)47(3,4)5/h11-13,15-16,18,25-26,31,39,42-44,55,60,63-64H,9-10,14,17,19-24,27-30,53H2,1-8H3,(H,54,61)/t31?,39?,42?,43?,44-,48?,49-,50?,51?,52+/m1/s1. The number of aromatic nitrogens is 1. The minimum atomic E-state index is -2.34. The van der Waals surface area contributed by atoms with Crippen LogP contribution in [-0.2, 0) is 41.1 Å². The fraction of sp³-hybridized carbons (Fsp3) is 0.635. The third-order valence-corrected chi connectivity index (χ3v) is 17.2. The smallest absolute Gasteiger partial charge is 0.323 e. The third-order valence-electron chi connectivity index (χ3n) is 17.2.